The van der Waals surface area contributed by atoms with E-state index in [9.17, 15) is 9.18 Å². The first-order valence-electron chi connectivity index (χ1n) is 6.49. The number of ether oxygens (including phenoxy) is 1. The lowest BCUT2D eigenvalue weighted by Gasteiger charge is -2.26. The number of amides is 1. The van der Waals surface area contributed by atoms with E-state index in [0.717, 1.165) is 24.9 Å². The molecule has 1 aromatic carbocycles. The third-order valence-corrected chi connectivity index (χ3v) is 3.41. The summed E-state index contributed by atoms with van der Waals surface area (Å²) in [6.07, 6.45) is 1.80. The van der Waals surface area contributed by atoms with Crippen molar-refractivity contribution in [3.63, 3.8) is 0 Å². The molecule has 1 saturated heterocycles. The molecule has 2 N–H and O–H groups in total. The summed E-state index contributed by atoms with van der Waals surface area (Å²) in [6, 6.07) is 4.53. The lowest BCUT2D eigenvalue weighted by atomic mass is 10.0. The Balaban J connectivity index is 2.06. The van der Waals surface area contributed by atoms with Crippen LogP contribution in [0.15, 0.2) is 18.2 Å². The zero-order valence-corrected chi connectivity index (χ0v) is 11.2. The average Bonchev–Trinajstić information content (AvgIpc) is 2.42. The van der Waals surface area contributed by atoms with E-state index in [0.29, 0.717) is 0 Å². The van der Waals surface area contributed by atoms with Gasteiger partial charge in [-0.15, -0.1) is 0 Å². The fourth-order valence-corrected chi connectivity index (χ4v) is 2.27. The van der Waals surface area contributed by atoms with E-state index in [4.69, 9.17) is 4.74 Å². The second-order valence-electron chi connectivity index (χ2n) is 4.77. The highest BCUT2D eigenvalue weighted by molar-refractivity contribution is 5.82. The van der Waals surface area contributed by atoms with Crippen LogP contribution in [0.5, 0.6) is 5.75 Å². The fraction of sp³-hybridized carbons (Fsp3) is 0.500. The van der Waals surface area contributed by atoms with Crippen LogP contribution in [0, 0.1) is 5.82 Å². The summed E-state index contributed by atoms with van der Waals surface area (Å²) in [5.41, 5.74) is 0.900. The SMILES string of the molecule is COc1cc(C(C)NC2CCCNC2=O)ccc1F. The molecule has 0 aliphatic carbocycles. The molecule has 5 heteroatoms. The van der Waals surface area contributed by atoms with Gasteiger partial charge in [0.15, 0.2) is 11.6 Å². The van der Waals surface area contributed by atoms with Crippen LogP contribution in [-0.4, -0.2) is 25.6 Å². The molecule has 0 bridgehead atoms. The Morgan fingerprint density at radius 3 is 3.00 bits per heavy atom. The highest BCUT2D eigenvalue weighted by Gasteiger charge is 2.23. The van der Waals surface area contributed by atoms with Gasteiger partial charge in [-0.3, -0.25) is 10.1 Å². The van der Waals surface area contributed by atoms with Crippen molar-refractivity contribution < 1.29 is 13.9 Å². The lowest BCUT2D eigenvalue weighted by molar-refractivity contribution is -0.124. The minimum Gasteiger partial charge on any atom is -0.494 e. The molecule has 4 nitrogen and oxygen atoms in total. The maximum atomic E-state index is 13.3. The largest absolute Gasteiger partial charge is 0.494 e. The first-order valence-corrected chi connectivity index (χ1v) is 6.49. The van der Waals surface area contributed by atoms with Crippen molar-refractivity contribution in [2.45, 2.75) is 31.8 Å². The Kier molecular flexibility index (Phi) is 4.37. The molecule has 0 radical (unpaired) electrons. The van der Waals surface area contributed by atoms with Gasteiger partial charge in [-0.1, -0.05) is 6.07 Å². The minimum absolute atomic E-state index is 0.0344. The first-order chi connectivity index (χ1) is 9.11. The molecule has 0 saturated carbocycles. The van der Waals surface area contributed by atoms with E-state index in [1.807, 2.05) is 6.92 Å². The van der Waals surface area contributed by atoms with E-state index >= 15 is 0 Å². The van der Waals surface area contributed by atoms with Crippen LogP contribution in [0.1, 0.15) is 31.4 Å². The number of hydrogen-bond acceptors (Lipinski definition) is 3. The molecule has 1 aliphatic rings. The highest BCUT2D eigenvalue weighted by Crippen LogP contribution is 2.23. The summed E-state index contributed by atoms with van der Waals surface area (Å²) in [4.78, 5) is 11.7. The van der Waals surface area contributed by atoms with Crippen LogP contribution in [0.25, 0.3) is 0 Å². The molecule has 2 atom stereocenters. The van der Waals surface area contributed by atoms with E-state index in [1.165, 1.54) is 13.2 Å². The number of hydrogen-bond donors (Lipinski definition) is 2. The van der Waals surface area contributed by atoms with Gasteiger partial charge in [0.1, 0.15) is 0 Å². The molecule has 104 valence electrons. The Morgan fingerprint density at radius 1 is 1.53 bits per heavy atom. The molecule has 0 spiro atoms. The van der Waals surface area contributed by atoms with Crippen molar-refractivity contribution in [2.75, 3.05) is 13.7 Å². The van der Waals surface area contributed by atoms with Crippen LogP contribution in [0.3, 0.4) is 0 Å². The summed E-state index contributed by atoms with van der Waals surface area (Å²) >= 11 is 0. The van der Waals surface area contributed by atoms with Crippen LogP contribution < -0.4 is 15.4 Å². The Hall–Kier alpha value is -1.62. The summed E-state index contributed by atoms with van der Waals surface area (Å²) in [7, 11) is 1.44. The number of halogens is 1. The molecule has 1 aliphatic heterocycles. The summed E-state index contributed by atoms with van der Waals surface area (Å²) in [5.74, 6) is -0.125. The minimum atomic E-state index is -0.381. The third-order valence-electron chi connectivity index (χ3n) is 3.41. The topological polar surface area (TPSA) is 50.4 Å². The molecule has 0 aromatic heterocycles. The number of nitrogens with one attached hydrogen (secondary N) is 2. The number of methoxy groups -OCH3 is 1. The quantitative estimate of drug-likeness (QED) is 0.873. The summed E-state index contributed by atoms with van der Waals surface area (Å²) < 4.78 is 18.3. The molecule has 19 heavy (non-hydrogen) atoms. The zero-order chi connectivity index (χ0) is 13.8. The molecule has 2 rings (SSSR count). The van der Waals surface area contributed by atoms with Crippen molar-refractivity contribution >= 4 is 5.91 Å². The van der Waals surface area contributed by atoms with Gasteiger partial charge in [-0.05, 0) is 37.5 Å². The van der Waals surface area contributed by atoms with Gasteiger partial charge < -0.3 is 10.1 Å². The normalized spacial score (nSPS) is 20.8. The smallest absolute Gasteiger partial charge is 0.237 e. The zero-order valence-electron chi connectivity index (χ0n) is 11.2. The van der Waals surface area contributed by atoms with Crippen LogP contribution in [0.4, 0.5) is 4.39 Å². The first kappa shape index (κ1) is 13.8. The molecule has 1 aromatic rings. The monoisotopic (exact) mass is 266 g/mol. The molecular formula is C14H19FN2O2. The van der Waals surface area contributed by atoms with Crippen molar-refractivity contribution in [2.24, 2.45) is 0 Å². The molecule has 1 heterocycles. The molecule has 1 amide bonds. The maximum absolute atomic E-state index is 13.3. The van der Waals surface area contributed by atoms with Crippen molar-refractivity contribution in [3.05, 3.63) is 29.6 Å². The second-order valence-corrected chi connectivity index (χ2v) is 4.77. The van der Waals surface area contributed by atoms with Crippen molar-refractivity contribution in [1.82, 2.24) is 10.6 Å². The predicted octanol–water partition coefficient (Wildman–Crippen LogP) is 1.76. The van der Waals surface area contributed by atoms with Crippen LogP contribution in [-0.2, 0) is 4.79 Å². The Labute approximate surface area is 112 Å². The van der Waals surface area contributed by atoms with Crippen molar-refractivity contribution in [1.29, 1.82) is 0 Å². The number of carbonyl (C=O) groups excluding carboxylic acids is 1. The highest BCUT2D eigenvalue weighted by atomic mass is 19.1. The predicted molar refractivity (Wildman–Crippen MR) is 70.5 cm³/mol. The van der Waals surface area contributed by atoms with E-state index < -0.39 is 0 Å². The summed E-state index contributed by atoms with van der Waals surface area (Å²) in [5, 5.41) is 6.10. The number of rotatable bonds is 4. The van der Waals surface area contributed by atoms with Crippen LogP contribution >= 0.6 is 0 Å². The van der Waals surface area contributed by atoms with Gasteiger partial charge >= 0.3 is 0 Å². The van der Waals surface area contributed by atoms with E-state index in [-0.39, 0.29) is 29.6 Å². The summed E-state index contributed by atoms with van der Waals surface area (Å²) in [6.45, 7) is 2.70. The molecule has 1 fully saturated rings. The van der Waals surface area contributed by atoms with Crippen LogP contribution in [0.2, 0.25) is 0 Å². The standard InChI is InChI=1S/C14H19FN2O2/c1-9(17-12-4-3-7-16-14(12)18)10-5-6-11(15)13(8-10)19-2/h5-6,8-9,12,17H,3-4,7H2,1-2H3,(H,16,18). The van der Waals surface area contributed by atoms with Gasteiger partial charge in [-0.25, -0.2) is 4.39 Å². The Bertz CT molecular complexity index is 465. The van der Waals surface area contributed by atoms with Gasteiger partial charge in [0.25, 0.3) is 0 Å². The van der Waals surface area contributed by atoms with E-state index in [1.54, 1.807) is 12.1 Å². The Morgan fingerprint density at radius 2 is 2.32 bits per heavy atom. The van der Waals surface area contributed by atoms with Gasteiger partial charge in [0, 0.05) is 12.6 Å². The average molecular weight is 266 g/mol. The maximum Gasteiger partial charge on any atom is 0.237 e. The lowest BCUT2D eigenvalue weighted by Crippen LogP contribution is -2.48. The third kappa shape index (κ3) is 3.23. The van der Waals surface area contributed by atoms with E-state index in [2.05, 4.69) is 10.6 Å². The number of piperidine rings is 1. The fourth-order valence-electron chi connectivity index (χ4n) is 2.27. The van der Waals surface area contributed by atoms with Gasteiger partial charge in [0.05, 0.1) is 13.2 Å². The van der Waals surface area contributed by atoms with Crippen molar-refractivity contribution in [3.8, 4) is 5.75 Å². The van der Waals surface area contributed by atoms with Gasteiger partial charge in [-0.2, -0.15) is 0 Å². The second kappa shape index (κ2) is 6.02. The molecule has 2 unspecified atom stereocenters. The number of carbonyl (C=O) groups is 1. The van der Waals surface area contributed by atoms with Gasteiger partial charge in [0.2, 0.25) is 5.91 Å². The number of benzene rings is 1. The molecular weight excluding hydrogens is 247 g/mol.